The minimum atomic E-state index is -0.133. The van der Waals surface area contributed by atoms with Crippen molar-refractivity contribution in [2.75, 3.05) is 6.54 Å². The molecule has 2 heterocycles. The molecule has 0 bridgehead atoms. The number of aryl methyl sites for hydroxylation is 1. The van der Waals surface area contributed by atoms with E-state index in [1.807, 2.05) is 13.0 Å². The van der Waals surface area contributed by atoms with Crippen LogP contribution in [0.4, 0.5) is 0 Å². The monoisotopic (exact) mass is 393 g/mol. The maximum Gasteiger partial charge on any atom is 0.268 e. The molecule has 5 nitrogen and oxygen atoms in total. The molecular formula is C24H31N3O2. The third-order valence-electron chi connectivity index (χ3n) is 6.54. The van der Waals surface area contributed by atoms with E-state index < -0.39 is 0 Å². The molecule has 0 spiro atoms. The number of amides is 1. The highest BCUT2D eigenvalue weighted by Crippen LogP contribution is 2.26. The highest BCUT2D eigenvalue weighted by molar-refractivity contribution is 6.04. The normalized spacial score (nSPS) is 19.8. The molecule has 1 fully saturated rings. The van der Waals surface area contributed by atoms with E-state index in [1.54, 1.807) is 0 Å². The summed E-state index contributed by atoms with van der Waals surface area (Å²) < 4.78 is 0. The summed E-state index contributed by atoms with van der Waals surface area (Å²) in [6.45, 7) is 6.74. The zero-order valence-electron chi connectivity index (χ0n) is 17.5. The minimum Gasteiger partial charge on any atom is -0.354 e. The van der Waals surface area contributed by atoms with Gasteiger partial charge in [-0.05, 0) is 62.8 Å². The Hall–Kier alpha value is -2.40. The smallest absolute Gasteiger partial charge is 0.268 e. The molecule has 1 saturated heterocycles. The van der Waals surface area contributed by atoms with Crippen molar-refractivity contribution in [3.05, 3.63) is 57.9 Å². The van der Waals surface area contributed by atoms with E-state index in [2.05, 4.69) is 40.3 Å². The van der Waals surface area contributed by atoms with Crippen molar-refractivity contribution in [1.82, 2.24) is 15.2 Å². The van der Waals surface area contributed by atoms with E-state index in [9.17, 15) is 9.59 Å². The lowest BCUT2D eigenvalue weighted by Gasteiger charge is -2.33. The highest BCUT2D eigenvalue weighted by atomic mass is 16.2. The van der Waals surface area contributed by atoms with Crippen LogP contribution in [0.2, 0.25) is 0 Å². The number of carbonyl (C=O) groups excluding carboxylic acids is 2. The summed E-state index contributed by atoms with van der Waals surface area (Å²) in [5.41, 5.74) is 5.41. The highest BCUT2D eigenvalue weighted by Gasteiger charge is 2.26. The molecule has 2 aliphatic rings. The van der Waals surface area contributed by atoms with Gasteiger partial charge in [0.1, 0.15) is 5.69 Å². The van der Waals surface area contributed by atoms with Gasteiger partial charge in [-0.15, -0.1) is 0 Å². The molecule has 1 aromatic carbocycles. The van der Waals surface area contributed by atoms with Crippen molar-refractivity contribution in [2.45, 2.75) is 71.5 Å². The van der Waals surface area contributed by atoms with Crippen LogP contribution in [0.25, 0.3) is 0 Å². The number of hydrogen-bond acceptors (Lipinski definition) is 3. The van der Waals surface area contributed by atoms with Gasteiger partial charge in [-0.25, -0.2) is 0 Å². The Morgan fingerprint density at radius 2 is 1.97 bits per heavy atom. The first-order valence-corrected chi connectivity index (χ1v) is 10.9. The Labute approximate surface area is 172 Å². The van der Waals surface area contributed by atoms with E-state index in [0.717, 1.165) is 48.3 Å². The number of hydrogen-bond donors (Lipinski definition) is 2. The first-order chi connectivity index (χ1) is 14.0. The Morgan fingerprint density at radius 3 is 2.72 bits per heavy atom. The lowest BCUT2D eigenvalue weighted by Crippen LogP contribution is -2.37. The maximum absolute atomic E-state index is 12.9. The molecule has 1 aliphatic carbocycles. The first-order valence-electron chi connectivity index (χ1n) is 10.9. The summed E-state index contributed by atoms with van der Waals surface area (Å²) in [6.07, 6.45) is 6.11. The summed E-state index contributed by atoms with van der Waals surface area (Å²) in [5, 5.41) is 3.07. The number of aromatic nitrogens is 1. The topological polar surface area (TPSA) is 65.2 Å². The fourth-order valence-corrected chi connectivity index (χ4v) is 4.76. The van der Waals surface area contributed by atoms with E-state index in [4.69, 9.17) is 0 Å². The van der Waals surface area contributed by atoms with Crippen LogP contribution in [0, 0.1) is 6.92 Å². The number of aromatic amines is 1. The second-order valence-corrected chi connectivity index (χ2v) is 8.52. The number of H-pyrrole nitrogens is 1. The Kier molecular flexibility index (Phi) is 5.86. The van der Waals surface area contributed by atoms with Gasteiger partial charge in [-0.3, -0.25) is 14.5 Å². The van der Waals surface area contributed by atoms with Crippen LogP contribution in [-0.4, -0.2) is 34.2 Å². The molecule has 2 N–H and O–H groups in total. The molecule has 4 rings (SSSR count). The number of benzene rings is 1. The van der Waals surface area contributed by atoms with Gasteiger partial charge in [0.15, 0.2) is 5.78 Å². The third-order valence-corrected chi connectivity index (χ3v) is 6.54. The lowest BCUT2D eigenvalue weighted by atomic mass is 9.94. The molecule has 0 radical (unpaired) electrons. The quantitative estimate of drug-likeness (QED) is 0.802. The summed E-state index contributed by atoms with van der Waals surface area (Å²) in [5.74, 6) is 0.0193. The number of carbonyl (C=O) groups is 2. The molecule has 1 atom stereocenters. The number of fused-ring (bicyclic) bond motifs is 1. The molecule has 0 saturated carbocycles. The molecular weight excluding hydrogens is 362 g/mol. The first kappa shape index (κ1) is 19.9. The molecule has 0 unspecified atom stereocenters. The summed E-state index contributed by atoms with van der Waals surface area (Å²) >= 11 is 0. The number of rotatable bonds is 5. The fraction of sp³-hybridized carbons (Fsp3) is 0.500. The zero-order chi connectivity index (χ0) is 20.4. The number of likely N-dealkylation sites (tertiary alicyclic amines) is 1. The Balaban J connectivity index is 1.46. The molecule has 29 heavy (non-hydrogen) atoms. The molecule has 1 aromatic heterocycles. The minimum absolute atomic E-state index is 0.133. The Morgan fingerprint density at radius 1 is 1.17 bits per heavy atom. The predicted octanol–water partition coefficient (Wildman–Crippen LogP) is 4.15. The average Bonchev–Trinajstić information content (AvgIpc) is 3.07. The van der Waals surface area contributed by atoms with Crippen LogP contribution in [0.5, 0.6) is 0 Å². The van der Waals surface area contributed by atoms with Crippen LogP contribution < -0.4 is 5.32 Å². The second kappa shape index (κ2) is 8.54. The number of ketones is 1. The summed E-state index contributed by atoms with van der Waals surface area (Å²) in [6, 6.07) is 8.98. The Bertz CT molecular complexity index is 915. The van der Waals surface area contributed by atoms with E-state index in [1.165, 1.54) is 24.8 Å². The van der Waals surface area contributed by atoms with Crippen LogP contribution in [-0.2, 0) is 19.5 Å². The number of Topliss-reactive ketones (excluding diaryl/α,β-unsaturated/α-hetero) is 1. The van der Waals surface area contributed by atoms with Crippen molar-refractivity contribution < 1.29 is 9.59 Å². The molecule has 154 valence electrons. The second-order valence-electron chi connectivity index (χ2n) is 8.52. The molecule has 1 aliphatic heterocycles. The van der Waals surface area contributed by atoms with Gasteiger partial charge >= 0.3 is 0 Å². The number of piperidine rings is 1. The fourth-order valence-electron chi connectivity index (χ4n) is 4.76. The van der Waals surface area contributed by atoms with Crippen molar-refractivity contribution in [2.24, 2.45) is 0 Å². The van der Waals surface area contributed by atoms with Gasteiger partial charge < -0.3 is 10.3 Å². The lowest BCUT2D eigenvalue weighted by molar-refractivity contribution is 0.0944. The SMILES string of the molecule is Cc1c(C(=O)NCc2ccccc2CN2CCCC[C@H]2C)[nH]c2c1C(=O)CCC2. The molecule has 5 heteroatoms. The largest absolute Gasteiger partial charge is 0.354 e. The summed E-state index contributed by atoms with van der Waals surface area (Å²) in [7, 11) is 0. The van der Waals surface area contributed by atoms with Crippen LogP contribution in [0.1, 0.15) is 82.3 Å². The van der Waals surface area contributed by atoms with Gasteiger partial charge in [-0.2, -0.15) is 0 Å². The molecule has 1 amide bonds. The average molecular weight is 394 g/mol. The van der Waals surface area contributed by atoms with Crippen molar-refractivity contribution in [1.29, 1.82) is 0 Å². The maximum atomic E-state index is 12.9. The van der Waals surface area contributed by atoms with E-state index in [0.29, 0.717) is 24.7 Å². The summed E-state index contributed by atoms with van der Waals surface area (Å²) in [4.78, 5) is 30.8. The molecule has 2 aromatic rings. The number of nitrogens with one attached hydrogen (secondary N) is 2. The van der Waals surface area contributed by atoms with Crippen molar-refractivity contribution in [3.8, 4) is 0 Å². The van der Waals surface area contributed by atoms with E-state index in [-0.39, 0.29) is 11.7 Å². The van der Waals surface area contributed by atoms with Gasteiger partial charge in [0.25, 0.3) is 5.91 Å². The van der Waals surface area contributed by atoms with Gasteiger partial charge in [0.05, 0.1) is 0 Å². The zero-order valence-corrected chi connectivity index (χ0v) is 17.5. The van der Waals surface area contributed by atoms with Gasteiger partial charge in [0.2, 0.25) is 0 Å². The van der Waals surface area contributed by atoms with Gasteiger partial charge in [-0.1, -0.05) is 30.7 Å². The number of nitrogens with zero attached hydrogens (tertiary/aromatic N) is 1. The third kappa shape index (κ3) is 4.15. The standard InChI is InChI=1S/C24H31N3O2/c1-16-8-5-6-13-27(16)15-19-10-4-3-9-18(19)14-25-24(29)23-17(2)22-20(26-23)11-7-12-21(22)28/h3-4,9-10,16,26H,5-8,11-15H2,1-2H3,(H,25,29)/t16-/m1/s1. The van der Waals surface area contributed by atoms with Crippen molar-refractivity contribution >= 4 is 11.7 Å². The van der Waals surface area contributed by atoms with E-state index >= 15 is 0 Å². The van der Waals surface area contributed by atoms with Crippen LogP contribution >= 0.6 is 0 Å². The van der Waals surface area contributed by atoms with Crippen LogP contribution in [0.15, 0.2) is 24.3 Å². The predicted molar refractivity (Wildman–Crippen MR) is 114 cm³/mol. The van der Waals surface area contributed by atoms with Crippen molar-refractivity contribution in [3.63, 3.8) is 0 Å². The van der Waals surface area contributed by atoms with Crippen LogP contribution in [0.3, 0.4) is 0 Å². The van der Waals surface area contributed by atoms with Gasteiger partial charge in [0, 0.05) is 36.8 Å².